The summed E-state index contributed by atoms with van der Waals surface area (Å²) >= 11 is 0. The Bertz CT molecular complexity index is 917. The van der Waals surface area contributed by atoms with Gasteiger partial charge in [-0.05, 0) is 32.9 Å². The Balaban J connectivity index is 1.64. The van der Waals surface area contributed by atoms with Gasteiger partial charge >= 0.3 is 0 Å². The summed E-state index contributed by atoms with van der Waals surface area (Å²) in [4.78, 5) is 14.1. The Morgan fingerprint density at radius 3 is 1.65 bits per heavy atom. The van der Waals surface area contributed by atoms with Gasteiger partial charge in [0.15, 0.2) is 0 Å². The third kappa shape index (κ3) is 8.29. The molecule has 0 unspecified atom stereocenters. The van der Waals surface area contributed by atoms with Crippen LogP contribution in [0.2, 0.25) is 0 Å². The predicted molar refractivity (Wildman–Crippen MR) is 140 cm³/mol. The van der Waals surface area contributed by atoms with Crippen molar-refractivity contribution in [1.29, 1.82) is 0 Å². The lowest BCUT2D eigenvalue weighted by atomic mass is 10.0. The maximum Gasteiger partial charge on any atom is 0.124 e. The molecule has 184 valence electrons. The summed E-state index contributed by atoms with van der Waals surface area (Å²) in [5.74, 6) is 0.382. The largest absolute Gasteiger partial charge is 0.507 e. The Kier molecular flexibility index (Phi) is 10.6. The number of hydrogen-bond acceptors (Lipinski definition) is 8. The van der Waals surface area contributed by atoms with Crippen LogP contribution in [0.25, 0.3) is 0 Å². The minimum absolute atomic E-state index is 0.382. The van der Waals surface area contributed by atoms with Gasteiger partial charge in [0.2, 0.25) is 0 Å². The first-order valence-electron chi connectivity index (χ1n) is 12.2. The number of rotatable bonds is 0. The lowest BCUT2D eigenvalue weighted by Gasteiger charge is -2.14. The first-order chi connectivity index (χ1) is 16.5. The fourth-order valence-corrected chi connectivity index (χ4v) is 3.86. The molecular formula is C26H39N7O. The summed E-state index contributed by atoms with van der Waals surface area (Å²) in [7, 11) is 0. The van der Waals surface area contributed by atoms with E-state index in [1.165, 1.54) is 0 Å². The normalized spacial score (nSPS) is 17.9. The maximum atomic E-state index is 10.7. The molecule has 1 aliphatic rings. The molecule has 0 spiro atoms. The Morgan fingerprint density at radius 1 is 0.676 bits per heavy atom. The zero-order chi connectivity index (χ0) is 24.2. The van der Waals surface area contributed by atoms with Gasteiger partial charge in [-0.15, -0.1) is 0 Å². The highest BCUT2D eigenvalue weighted by atomic mass is 16.3. The number of nitrogens with one attached hydrogen (secondary N) is 4. The number of phenols is 1. The van der Waals surface area contributed by atoms with E-state index < -0.39 is 0 Å². The molecule has 1 aliphatic heterocycles. The number of aliphatic imine (C=N–C) groups is 2. The third-order valence-corrected chi connectivity index (χ3v) is 5.77. The van der Waals surface area contributed by atoms with Crippen molar-refractivity contribution < 1.29 is 5.11 Å². The van der Waals surface area contributed by atoms with E-state index in [4.69, 9.17) is 4.98 Å². The molecule has 0 aliphatic carbocycles. The lowest BCUT2D eigenvalue weighted by Crippen LogP contribution is -2.29. The average Bonchev–Trinajstić information content (AvgIpc) is 2.84. The van der Waals surface area contributed by atoms with E-state index in [2.05, 4.69) is 38.2 Å². The van der Waals surface area contributed by atoms with Gasteiger partial charge in [-0.25, -0.2) is 4.98 Å². The molecule has 3 rings (SSSR count). The third-order valence-electron chi connectivity index (χ3n) is 5.77. The second-order valence-electron chi connectivity index (χ2n) is 8.63. The molecule has 5 N–H and O–H groups in total. The minimum atomic E-state index is 0.382. The Hall–Kier alpha value is -2.65. The molecule has 0 radical (unpaired) electrons. The predicted octanol–water partition coefficient (Wildman–Crippen LogP) is 1.79. The summed E-state index contributed by atoms with van der Waals surface area (Å²) in [6, 6.07) is 10.1. The van der Waals surface area contributed by atoms with Gasteiger partial charge in [0.05, 0.1) is 35.9 Å². The van der Waals surface area contributed by atoms with Crippen LogP contribution in [-0.4, -0.2) is 73.9 Å². The van der Waals surface area contributed by atoms with Crippen molar-refractivity contribution in [2.24, 2.45) is 9.98 Å². The van der Waals surface area contributed by atoms with Gasteiger partial charge in [-0.2, -0.15) is 0 Å². The van der Waals surface area contributed by atoms with Crippen LogP contribution in [0.15, 0.2) is 40.3 Å². The molecule has 1 aromatic heterocycles. The van der Waals surface area contributed by atoms with E-state index in [9.17, 15) is 5.11 Å². The molecule has 8 heteroatoms. The molecule has 0 fully saturated rings. The molecule has 0 amide bonds. The molecule has 8 nitrogen and oxygen atoms in total. The van der Waals surface area contributed by atoms with E-state index >= 15 is 0 Å². The number of pyridine rings is 1. The van der Waals surface area contributed by atoms with Crippen molar-refractivity contribution >= 4 is 11.4 Å². The van der Waals surface area contributed by atoms with Gasteiger partial charge in [-0.3, -0.25) is 9.98 Å². The van der Waals surface area contributed by atoms with Crippen molar-refractivity contribution in [3.05, 3.63) is 58.4 Å². The summed E-state index contributed by atoms with van der Waals surface area (Å²) in [6.07, 6.45) is 0. The quantitative estimate of drug-likeness (QED) is 0.406. The van der Waals surface area contributed by atoms with E-state index in [1.807, 2.05) is 44.2 Å². The van der Waals surface area contributed by atoms with E-state index in [1.54, 1.807) is 0 Å². The number of fused-ring (bicyclic) bond motifs is 4. The lowest BCUT2D eigenvalue weighted by molar-refractivity contribution is 0.453. The molecule has 2 heterocycles. The summed E-state index contributed by atoms with van der Waals surface area (Å²) in [6.45, 7) is 13.7. The summed E-state index contributed by atoms with van der Waals surface area (Å²) in [5, 5.41) is 24.4. The van der Waals surface area contributed by atoms with Crippen molar-refractivity contribution in [3.63, 3.8) is 0 Å². The van der Waals surface area contributed by atoms with Crippen LogP contribution in [0, 0.1) is 6.92 Å². The van der Waals surface area contributed by atoms with Gasteiger partial charge in [0, 0.05) is 63.5 Å². The standard InChI is InChI=1S/C26H39N7O/c1-19-15-22-17-29-9-7-27-11-13-31-20(2)24-5-4-6-25(33-24)21(3)32-14-12-28-8-10-30-18-23(16-19)26(22)34/h4-6,15-16,27-30,34H,7-14,17-18H2,1-3H3. The molecule has 0 atom stereocenters. The highest BCUT2D eigenvalue weighted by molar-refractivity contribution is 6.00. The van der Waals surface area contributed by atoms with Crippen LogP contribution < -0.4 is 21.3 Å². The fourth-order valence-electron chi connectivity index (χ4n) is 3.86. The van der Waals surface area contributed by atoms with E-state index in [0.717, 1.165) is 78.8 Å². The van der Waals surface area contributed by atoms with Crippen LogP contribution >= 0.6 is 0 Å². The second kappa shape index (κ2) is 13.9. The zero-order valence-corrected chi connectivity index (χ0v) is 20.7. The summed E-state index contributed by atoms with van der Waals surface area (Å²) < 4.78 is 0. The van der Waals surface area contributed by atoms with Crippen molar-refractivity contribution in [2.75, 3.05) is 52.4 Å². The highest BCUT2D eigenvalue weighted by Crippen LogP contribution is 2.24. The van der Waals surface area contributed by atoms with Gasteiger partial charge in [0.1, 0.15) is 5.75 Å². The number of aryl methyl sites for hydroxylation is 1. The molecule has 34 heavy (non-hydrogen) atoms. The maximum absolute atomic E-state index is 10.7. The number of aromatic nitrogens is 1. The number of phenolic OH excluding ortho intramolecular Hbond substituents is 1. The van der Waals surface area contributed by atoms with Crippen LogP contribution in [0.1, 0.15) is 41.9 Å². The van der Waals surface area contributed by atoms with Crippen LogP contribution in [0.3, 0.4) is 0 Å². The minimum Gasteiger partial charge on any atom is -0.507 e. The second-order valence-corrected chi connectivity index (χ2v) is 8.63. The number of hydrogen-bond donors (Lipinski definition) is 5. The molecule has 4 bridgehead atoms. The van der Waals surface area contributed by atoms with Gasteiger partial charge in [-0.1, -0.05) is 23.8 Å². The fraction of sp³-hybridized carbons (Fsp3) is 0.500. The number of aromatic hydroxyl groups is 1. The van der Waals surface area contributed by atoms with E-state index in [-0.39, 0.29) is 0 Å². The van der Waals surface area contributed by atoms with Crippen LogP contribution in [0.5, 0.6) is 5.75 Å². The van der Waals surface area contributed by atoms with Gasteiger partial charge in [0.25, 0.3) is 0 Å². The number of benzene rings is 1. The van der Waals surface area contributed by atoms with Crippen molar-refractivity contribution in [1.82, 2.24) is 26.3 Å². The average molecular weight is 466 g/mol. The summed E-state index contributed by atoms with van der Waals surface area (Å²) in [5.41, 5.74) is 6.69. The van der Waals surface area contributed by atoms with Crippen molar-refractivity contribution in [2.45, 2.75) is 33.9 Å². The van der Waals surface area contributed by atoms with Crippen LogP contribution in [-0.2, 0) is 13.1 Å². The molecule has 2 aromatic rings. The molecule has 0 saturated carbocycles. The smallest absolute Gasteiger partial charge is 0.124 e. The molecule has 0 saturated heterocycles. The van der Waals surface area contributed by atoms with Crippen molar-refractivity contribution in [3.8, 4) is 5.75 Å². The SMILES string of the molecule is CC1=NCCNCCNCc2cc(C)cc(c2O)CNCCNCCN=C(C)c2cccc1n2. The van der Waals surface area contributed by atoms with Crippen LogP contribution in [0.4, 0.5) is 0 Å². The molecular weight excluding hydrogens is 426 g/mol. The highest BCUT2D eigenvalue weighted by Gasteiger charge is 2.09. The zero-order valence-electron chi connectivity index (χ0n) is 20.7. The molecule has 1 aromatic carbocycles. The first kappa shape index (κ1) is 26.0. The number of nitrogens with zero attached hydrogens (tertiary/aromatic N) is 3. The Morgan fingerprint density at radius 2 is 1.15 bits per heavy atom. The Labute approximate surface area is 203 Å². The monoisotopic (exact) mass is 465 g/mol. The topological polar surface area (TPSA) is 106 Å². The van der Waals surface area contributed by atoms with Gasteiger partial charge < -0.3 is 26.4 Å². The van der Waals surface area contributed by atoms with E-state index in [0.29, 0.717) is 31.9 Å². The first-order valence-corrected chi connectivity index (χ1v) is 12.2.